The van der Waals surface area contributed by atoms with Crippen LogP contribution in [0.3, 0.4) is 0 Å². The van der Waals surface area contributed by atoms with Crippen molar-refractivity contribution in [1.82, 2.24) is 10.2 Å². The molecule has 3 atom stereocenters. The van der Waals surface area contributed by atoms with E-state index in [-0.39, 0.29) is 0 Å². The Labute approximate surface area is 94.4 Å². The molecular formula is C13H26N2. The summed E-state index contributed by atoms with van der Waals surface area (Å²) in [7, 11) is 0. The normalized spacial score (nSPS) is 37.6. The van der Waals surface area contributed by atoms with Gasteiger partial charge in [0.2, 0.25) is 0 Å². The van der Waals surface area contributed by atoms with Crippen molar-refractivity contribution >= 4 is 0 Å². The summed E-state index contributed by atoms with van der Waals surface area (Å²) in [5.41, 5.74) is 0. The summed E-state index contributed by atoms with van der Waals surface area (Å²) >= 11 is 0. The summed E-state index contributed by atoms with van der Waals surface area (Å²) in [6.45, 7) is 8.48. The lowest BCUT2D eigenvalue weighted by molar-refractivity contribution is 0.236. The average molecular weight is 210 g/mol. The molecule has 0 bridgehead atoms. The molecule has 1 heterocycles. The summed E-state index contributed by atoms with van der Waals surface area (Å²) in [5.74, 6) is 0.970. The van der Waals surface area contributed by atoms with Gasteiger partial charge in [-0.3, -0.25) is 4.90 Å². The van der Waals surface area contributed by atoms with Crippen molar-refractivity contribution in [2.45, 2.75) is 58.0 Å². The van der Waals surface area contributed by atoms with Gasteiger partial charge in [-0.25, -0.2) is 0 Å². The molecular weight excluding hydrogens is 184 g/mol. The first kappa shape index (κ1) is 11.4. The van der Waals surface area contributed by atoms with Crippen molar-refractivity contribution in [2.75, 3.05) is 19.6 Å². The molecule has 3 unspecified atom stereocenters. The Morgan fingerprint density at radius 3 is 2.80 bits per heavy atom. The number of rotatable bonds is 4. The SMILES string of the molecule is CCCNC1CCN(C2CCC(C)C2)C1. The van der Waals surface area contributed by atoms with Crippen molar-refractivity contribution in [3.05, 3.63) is 0 Å². The van der Waals surface area contributed by atoms with Crippen molar-refractivity contribution in [1.29, 1.82) is 0 Å². The molecule has 2 aliphatic rings. The molecule has 2 fully saturated rings. The van der Waals surface area contributed by atoms with Crippen LogP contribution in [0.5, 0.6) is 0 Å². The molecule has 0 amide bonds. The van der Waals surface area contributed by atoms with Crippen LogP contribution in [-0.2, 0) is 0 Å². The van der Waals surface area contributed by atoms with Gasteiger partial charge >= 0.3 is 0 Å². The first-order valence-corrected chi connectivity index (χ1v) is 6.77. The van der Waals surface area contributed by atoms with Crippen molar-refractivity contribution in [3.63, 3.8) is 0 Å². The van der Waals surface area contributed by atoms with Gasteiger partial charge in [0.15, 0.2) is 0 Å². The van der Waals surface area contributed by atoms with E-state index < -0.39 is 0 Å². The van der Waals surface area contributed by atoms with Crippen LogP contribution < -0.4 is 5.32 Å². The van der Waals surface area contributed by atoms with Crippen LogP contribution >= 0.6 is 0 Å². The molecule has 15 heavy (non-hydrogen) atoms. The number of hydrogen-bond acceptors (Lipinski definition) is 2. The summed E-state index contributed by atoms with van der Waals surface area (Å²) in [6.07, 6.45) is 6.97. The van der Waals surface area contributed by atoms with E-state index in [0.717, 1.165) is 18.0 Å². The number of nitrogens with one attached hydrogen (secondary N) is 1. The van der Waals surface area contributed by atoms with Gasteiger partial charge in [0.05, 0.1) is 0 Å². The van der Waals surface area contributed by atoms with Gasteiger partial charge in [-0.05, 0) is 44.6 Å². The van der Waals surface area contributed by atoms with E-state index in [9.17, 15) is 0 Å². The zero-order chi connectivity index (χ0) is 10.7. The molecule has 0 aromatic carbocycles. The van der Waals surface area contributed by atoms with Crippen LogP contribution in [0.4, 0.5) is 0 Å². The molecule has 1 aliphatic carbocycles. The van der Waals surface area contributed by atoms with E-state index in [1.54, 1.807) is 0 Å². The van der Waals surface area contributed by atoms with Crippen molar-refractivity contribution < 1.29 is 0 Å². The fourth-order valence-corrected chi connectivity index (χ4v) is 3.14. The second-order valence-electron chi connectivity index (χ2n) is 5.51. The highest BCUT2D eigenvalue weighted by molar-refractivity contribution is 4.88. The van der Waals surface area contributed by atoms with Crippen LogP contribution in [0, 0.1) is 5.92 Å². The zero-order valence-corrected chi connectivity index (χ0v) is 10.3. The Bertz CT molecular complexity index is 193. The number of likely N-dealkylation sites (tertiary alicyclic amines) is 1. The summed E-state index contributed by atoms with van der Waals surface area (Å²) < 4.78 is 0. The topological polar surface area (TPSA) is 15.3 Å². The molecule has 1 saturated carbocycles. The highest BCUT2D eigenvalue weighted by Crippen LogP contribution is 2.30. The molecule has 1 saturated heterocycles. The Balaban J connectivity index is 1.72. The Kier molecular flexibility index (Phi) is 4.04. The van der Waals surface area contributed by atoms with Gasteiger partial charge in [-0.2, -0.15) is 0 Å². The van der Waals surface area contributed by atoms with Crippen LogP contribution in [0.1, 0.15) is 46.0 Å². The standard InChI is InChI=1S/C13H26N2/c1-3-7-14-12-6-8-15(10-12)13-5-4-11(2)9-13/h11-14H,3-10H2,1-2H3. The minimum Gasteiger partial charge on any atom is -0.313 e. The third kappa shape index (κ3) is 2.94. The molecule has 1 aliphatic heterocycles. The van der Waals surface area contributed by atoms with E-state index in [4.69, 9.17) is 0 Å². The fraction of sp³-hybridized carbons (Fsp3) is 1.00. The molecule has 0 aromatic rings. The van der Waals surface area contributed by atoms with E-state index in [1.165, 1.54) is 51.7 Å². The maximum absolute atomic E-state index is 3.65. The van der Waals surface area contributed by atoms with Gasteiger partial charge in [0.1, 0.15) is 0 Å². The van der Waals surface area contributed by atoms with E-state index >= 15 is 0 Å². The van der Waals surface area contributed by atoms with Gasteiger partial charge in [-0.1, -0.05) is 13.8 Å². The fourth-order valence-electron chi connectivity index (χ4n) is 3.14. The van der Waals surface area contributed by atoms with E-state index in [2.05, 4.69) is 24.1 Å². The maximum atomic E-state index is 3.65. The molecule has 0 aromatic heterocycles. The van der Waals surface area contributed by atoms with Gasteiger partial charge in [-0.15, -0.1) is 0 Å². The summed E-state index contributed by atoms with van der Waals surface area (Å²) in [6, 6.07) is 1.69. The number of nitrogens with zero attached hydrogens (tertiary/aromatic N) is 1. The largest absolute Gasteiger partial charge is 0.313 e. The third-order valence-electron chi connectivity index (χ3n) is 4.09. The Morgan fingerprint density at radius 1 is 1.27 bits per heavy atom. The van der Waals surface area contributed by atoms with Gasteiger partial charge < -0.3 is 5.32 Å². The van der Waals surface area contributed by atoms with Crippen LogP contribution in [0.15, 0.2) is 0 Å². The maximum Gasteiger partial charge on any atom is 0.0207 e. The molecule has 2 heteroatoms. The van der Waals surface area contributed by atoms with Gasteiger partial charge in [0, 0.05) is 25.2 Å². The van der Waals surface area contributed by atoms with Crippen LogP contribution in [0.25, 0.3) is 0 Å². The van der Waals surface area contributed by atoms with Crippen LogP contribution in [-0.4, -0.2) is 36.6 Å². The Morgan fingerprint density at radius 2 is 2.13 bits per heavy atom. The van der Waals surface area contributed by atoms with Crippen LogP contribution in [0.2, 0.25) is 0 Å². The first-order valence-electron chi connectivity index (χ1n) is 6.77. The zero-order valence-electron chi connectivity index (χ0n) is 10.3. The lowest BCUT2D eigenvalue weighted by Crippen LogP contribution is -2.36. The smallest absolute Gasteiger partial charge is 0.0207 e. The minimum atomic E-state index is 0.779. The molecule has 0 spiro atoms. The van der Waals surface area contributed by atoms with Crippen molar-refractivity contribution in [3.8, 4) is 0 Å². The highest BCUT2D eigenvalue weighted by atomic mass is 15.2. The van der Waals surface area contributed by atoms with Gasteiger partial charge in [0.25, 0.3) is 0 Å². The monoisotopic (exact) mass is 210 g/mol. The lowest BCUT2D eigenvalue weighted by atomic mass is 10.1. The number of hydrogen-bond donors (Lipinski definition) is 1. The van der Waals surface area contributed by atoms with E-state index in [0.29, 0.717) is 0 Å². The molecule has 2 nitrogen and oxygen atoms in total. The Hall–Kier alpha value is -0.0800. The molecule has 2 rings (SSSR count). The molecule has 1 N–H and O–H groups in total. The highest BCUT2D eigenvalue weighted by Gasteiger charge is 2.31. The predicted octanol–water partition coefficient (Wildman–Crippen LogP) is 2.25. The second-order valence-corrected chi connectivity index (χ2v) is 5.51. The predicted molar refractivity (Wildman–Crippen MR) is 65.1 cm³/mol. The summed E-state index contributed by atoms with van der Waals surface area (Å²) in [5, 5.41) is 3.65. The quantitative estimate of drug-likeness (QED) is 0.765. The third-order valence-corrected chi connectivity index (χ3v) is 4.09. The first-order chi connectivity index (χ1) is 7.29. The average Bonchev–Trinajstić information content (AvgIpc) is 2.83. The summed E-state index contributed by atoms with van der Waals surface area (Å²) in [4.78, 5) is 2.73. The lowest BCUT2D eigenvalue weighted by Gasteiger charge is -2.24. The van der Waals surface area contributed by atoms with Crippen molar-refractivity contribution in [2.24, 2.45) is 5.92 Å². The molecule has 88 valence electrons. The second kappa shape index (κ2) is 5.31. The minimum absolute atomic E-state index is 0.779. The van der Waals surface area contributed by atoms with E-state index in [1.807, 2.05) is 0 Å². The molecule has 0 radical (unpaired) electrons.